The van der Waals surface area contributed by atoms with E-state index in [0.29, 0.717) is 39.2 Å². The minimum absolute atomic E-state index is 0.0527. The Hall–Kier alpha value is -3.58. The zero-order valence-electron chi connectivity index (χ0n) is 22.4. The minimum atomic E-state index is -1.17. The second-order valence-corrected chi connectivity index (χ2v) is 10.8. The lowest BCUT2D eigenvalue weighted by molar-refractivity contribution is -0.268. The summed E-state index contributed by atoms with van der Waals surface area (Å²) in [4.78, 5) is 24.7. The number of piperidine rings is 1. The van der Waals surface area contributed by atoms with Crippen molar-refractivity contribution < 1.29 is 28.9 Å². The molecule has 38 heavy (non-hydrogen) atoms. The lowest BCUT2D eigenvalue weighted by Gasteiger charge is -2.40. The highest BCUT2D eigenvalue weighted by atomic mass is 16.5. The second kappa shape index (κ2) is 12.3. The lowest BCUT2D eigenvalue weighted by Crippen LogP contribution is -2.51. The fraction of sp³-hybridized carbons (Fsp3) is 0.419. The molecule has 0 aromatic heterocycles. The summed E-state index contributed by atoms with van der Waals surface area (Å²) in [5, 5.41) is 13.9. The van der Waals surface area contributed by atoms with Crippen molar-refractivity contribution in [3.8, 4) is 5.75 Å². The highest BCUT2D eigenvalue weighted by Gasteiger charge is 2.31. The van der Waals surface area contributed by atoms with E-state index in [4.69, 9.17) is 14.2 Å². The molecule has 1 aliphatic heterocycles. The van der Waals surface area contributed by atoms with Crippen LogP contribution in [0.4, 0.5) is 4.79 Å². The zero-order valence-corrected chi connectivity index (χ0v) is 22.4. The molecule has 0 radical (unpaired) electrons. The van der Waals surface area contributed by atoms with Crippen molar-refractivity contribution in [2.75, 3.05) is 26.3 Å². The van der Waals surface area contributed by atoms with Gasteiger partial charge < -0.3 is 29.0 Å². The number of benzene rings is 3. The fourth-order valence-electron chi connectivity index (χ4n) is 4.61. The number of ether oxygens (including phenoxy) is 3. The Kier molecular flexibility index (Phi) is 8.89. The molecular weight excluding hydrogens is 482 g/mol. The summed E-state index contributed by atoms with van der Waals surface area (Å²) >= 11 is 0. The molecule has 0 N–H and O–H groups in total. The monoisotopic (exact) mass is 518 g/mol. The van der Waals surface area contributed by atoms with Crippen molar-refractivity contribution in [1.82, 2.24) is 4.90 Å². The average molecular weight is 519 g/mol. The molecule has 0 saturated carbocycles. The number of esters is 1. The SMILES string of the molecule is CC(C)(C)C(=O)OCCCOc1ccc(C2CCN(C(=O)[O-])CC2OCc2ccc3ccccc3c2)cc1. The Morgan fingerprint density at radius 2 is 1.71 bits per heavy atom. The van der Waals surface area contributed by atoms with E-state index in [-0.39, 0.29) is 24.5 Å². The van der Waals surface area contributed by atoms with E-state index in [2.05, 4.69) is 24.3 Å². The van der Waals surface area contributed by atoms with Crippen molar-refractivity contribution in [3.63, 3.8) is 0 Å². The summed E-state index contributed by atoms with van der Waals surface area (Å²) in [7, 11) is 0. The lowest BCUT2D eigenvalue weighted by atomic mass is 9.87. The van der Waals surface area contributed by atoms with Gasteiger partial charge in [-0.3, -0.25) is 4.79 Å². The molecule has 2 unspecified atom stereocenters. The summed E-state index contributed by atoms with van der Waals surface area (Å²) in [6.45, 7) is 7.33. The van der Waals surface area contributed by atoms with Gasteiger partial charge in [-0.2, -0.15) is 0 Å². The molecule has 4 rings (SSSR count). The molecule has 1 fully saturated rings. The quantitative estimate of drug-likeness (QED) is 0.295. The van der Waals surface area contributed by atoms with Crippen molar-refractivity contribution in [2.45, 2.75) is 52.2 Å². The number of likely N-dealkylation sites (tertiary alicyclic amines) is 1. The first kappa shape index (κ1) is 27.5. The Morgan fingerprint density at radius 1 is 0.974 bits per heavy atom. The van der Waals surface area contributed by atoms with Crippen molar-refractivity contribution in [1.29, 1.82) is 0 Å². The van der Waals surface area contributed by atoms with Gasteiger partial charge in [-0.15, -0.1) is 0 Å². The predicted octanol–water partition coefficient (Wildman–Crippen LogP) is 4.92. The summed E-state index contributed by atoms with van der Waals surface area (Å²) in [6.07, 6.45) is -0.205. The molecule has 7 heteroatoms. The highest BCUT2D eigenvalue weighted by molar-refractivity contribution is 5.83. The summed E-state index contributed by atoms with van der Waals surface area (Å²) in [6, 6.07) is 22.3. The molecule has 0 spiro atoms. The second-order valence-electron chi connectivity index (χ2n) is 10.8. The van der Waals surface area contributed by atoms with Crippen LogP contribution in [0, 0.1) is 5.41 Å². The largest absolute Gasteiger partial charge is 0.530 e. The Morgan fingerprint density at radius 3 is 2.42 bits per heavy atom. The van der Waals surface area contributed by atoms with Gasteiger partial charge in [-0.05, 0) is 67.3 Å². The van der Waals surface area contributed by atoms with Crippen LogP contribution in [-0.2, 0) is 20.9 Å². The Labute approximate surface area is 224 Å². The van der Waals surface area contributed by atoms with Crippen molar-refractivity contribution >= 4 is 22.8 Å². The van der Waals surface area contributed by atoms with Crippen molar-refractivity contribution in [3.05, 3.63) is 77.9 Å². The number of hydrogen-bond donors (Lipinski definition) is 0. The number of carbonyl (C=O) groups excluding carboxylic acids is 2. The number of carbonyl (C=O) groups is 2. The van der Waals surface area contributed by atoms with Gasteiger partial charge in [-0.25, -0.2) is 0 Å². The van der Waals surface area contributed by atoms with Gasteiger partial charge in [0.1, 0.15) is 11.8 Å². The van der Waals surface area contributed by atoms with E-state index >= 15 is 0 Å². The van der Waals surface area contributed by atoms with Crippen LogP contribution in [0.1, 0.15) is 50.7 Å². The third kappa shape index (κ3) is 7.25. The molecule has 1 aliphatic rings. The van der Waals surface area contributed by atoms with Crippen LogP contribution >= 0.6 is 0 Å². The molecule has 202 valence electrons. The van der Waals surface area contributed by atoms with Crippen LogP contribution in [0.2, 0.25) is 0 Å². The normalized spacial score (nSPS) is 17.8. The molecule has 0 aliphatic carbocycles. The van der Waals surface area contributed by atoms with Crippen LogP contribution < -0.4 is 9.84 Å². The molecule has 1 heterocycles. The number of nitrogens with zero attached hydrogens (tertiary/aromatic N) is 1. The maximum absolute atomic E-state index is 11.8. The minimum Gasteiger partial charge on any atom is -0.530 e. The van der Waals surface area contributed by atoms with Crippen LogP contribution in [0.3, 0.4) is 0 Å². The fourth-order valence-corrected chi connectivity index (χ4v) is 4.61. The van der Waals surface area contributed by atoms with Crippen LogP contribution in [0.25, 0.3) is 10.8 Å². The number of rotatable bonds is 9. The van der Waals surface area contributed by atoms with E-state index in [9.17, 15) is 14.7 Å². The number of hydrogen-bond acceptors (Lipinski definition) is 6. The van der Waals surface area contributed by atoms with Gasteiger partial charge in [0.15, 0.2) is 0 Å². The zero-order chi connectivity index (χ0) is 27.1. The van der Waals surface area contributed by atoms with Gasteiger partial charge in [0.25, 0.3) is 0 Å². The summed E-state index contributed by atoms with van der Waals surface area (Å²) < 4.78 is 17.4. The molecular formula is C31H36NO6-. The first-order valence-corrected chi connectivity index (χ1v) is 13.2. The average Bonchev–Trinajstić information content (AvgIpc) is 2.91. The van der Waals surface area contributed by atoms with E-state index in [1.807, 2.05) is 63.2 Å². The van der Waals surface area contributed by atoms with Gasteiger partial charge in [0.05, 0.1) is 31.3 Å². The van der Waals surface area contributed by atoms with Gasteiger partial charge in [-0.1, -0.05) is 48.5 Å². The molecule has 1 saturated heterocycles. The topological polar surface area (TPSA) is 88.1 Å². The molecule has 3 aromatic carbocycles. The third-order valence-corrected chi connectivity index (χ3v) is 6.81. The van der Waals surface area contributed by atoms with Gasteiger partial charge in [0, 0.05) is 25.4 Å². The number of amides is 1. The standard InChI is InChI=1S/C31H37NO6/c1-31(2,3)29(33)37-18-6-17-36-26-13-11-24(12-14-26)27-15-16-32(30(34)35)20-28(27)38-21-22-9-10-23-7-4-5-8-25(23)19-22/h4-5,7-14,19,27-28H,6,15-18,20-21H2,1-3H3,(H,34,35)/p-1. The summed E-state index contributed by atoms with van der Waals surface area (Å²) in [5.41, 5.74) is 1.62. The highest BCUT2D eigenvalue weighted by Crippen LogP contribution is 2.32. The maximum atomic E-state index is 11.8. The maximum Gasteiger partial charge on any atom is 0.311 e. The first-order valence-electron chi connectivity index (χ1n) is 13.2. The van der Waals surface area contributed by atoms with E-state index in [1.54, 1.807) is 0 Å². The third-order valence-electron chi connectivity index (χ3n) is 6.81. The van der Waals surface area contributed by atoms with Crippen LogP contribution in [0.15, 0.2) is 66.7 Å². The van der Waals surface area contributed by atoms with Crippen LogP contribution in [0.5, 0.6) is 5.75 Å². The molecule has 3 aromatic rings. The predicted molar refractivity (Wildman–Crippen MR) is 144 cm³/mol. The first-order chi connectivity index (χ1) is 18.2. The van der Waals surface area contributed by atoms with Crippen LogP contribution in [-0.4, -0.2) is 49.4 Å². The Balaban J connectivity index is 1.34. The van der Waals surface area contributed by atoms with Gasteiger partial charge >= 0.3 is 5.97 Å². The number of fused-ring (bicyclic) bond motifs is 1. The smallest absolute Gasteiger partial charge is 0.311 e. The van der Waals surface area contributed by atoms with Gasteiger partial charge in [0.2, 0.25) is 0 Å². The molecule has 7 nitrogen and oxygen atoms in total. The Bertz CT molecular complexity index is 1230. The summed E-state index contributed by atoms with van der Waals surface area (Å²) in [5.74, 6) is 0.567. The van der Waals surface area contributed by atoms with E-state index in [0.717, 1.165) is 22.3 Å². The van der Waals surface area contributed by atoms with Crippen molar-refractivity contribution in [2.24, 2.45) is 5.41 Å². The molecule has 1 amide bonds. The van der Waals surface area contributed by atoms with E-state index in [1.165, 1.54) is 10.3 Å². The van der Waals surface area contributed by atoms with E-state index < -0.39 is 11.5 Å². The molecule has 2 atom stereocenters. The number of carboxylic acid groups (broad SMARTS) is 1. The molecule has 0 bridgehead atoms.